The van der Waals surface area contributed by atoms with E-state index in [1.165, 1.54) is 22.3 Å². The minimum Gasteiger partial charge on any atom is -0.311 e. The first-order chi connectivity index (χ1) is 17.3. The molecule has 0 saturated heterocycles. The summed E-state index contributed by atoms with van der Waals surface area (Å²) in [6.07, 6.45) is 0. The summed E-state index contributed by atoms with van der Waals surface area (Å²) >= 11 is 0. The molecule has 5 aromatic carbocycles. The van der Waals surface area contributed by atoms with E-state index in [1.54, 1.807) is 0 Å². The predicted molar refractivity (Wildman–Crippen MR) is 145 cm³/mol. The molecule has 0 spiro atoms. The second-order valence-corrected chi connectivity index (χ2v) is 8.22. The molecule has 0 aromatic heterocycles. The lowest BCUT2D eigenvalue weighted by atomic mass is 10.0. The highest BCUT2D eigenvalue weighted by atomic mass is 15.1. The SMILES string of the molecule is [N-]=[N+]=NCc1ccc(N(c2ccc(-c3ccccc3)cc2)c2ccc(-c3ccccc3)cc2)cc1. The molecule has 0 heterocycles. The van der Waals surface area contributed by atoms with Crippen molar-refractivity contribution in [2.45, 2.75) is 6.54 Å². The van der Waals surface area contributed by atoms with E-state index in [0.717, 1.165) is 22.6 Å². The van der Waals surface area contributed by atoms with Crippen molar-refractivity contribution in [1.29, 1.82) is 0 Å². The molecule has 35 heavy (non-hydrogen) atoms. The second kappa shape index (κ2) is 10.4. The molecule has 5 aromatic rings. The minimum absolute atomic E-state index is 0.342. The number of rotatable bonds is 7. The van der Waals surface area contributed by atoms with Crippen molar-refractivity contribution in [3.63, 3.8) is 0 Å². The van der Waals surface area contributed by atoms with E-state index < -0.39 is 0 Å². The second-order valence-electron chi connectivity index (χ2n) is 8.22. The van der Waals surface area contributed by atoms with Gasteiger partial charge >= 0.3 is 0 Å². The van der Waals surface area contributed by atoms with Gasteiger partial charge in [-0.3, -0.25) is 0 Å². The summed E-state index contributed by atoms with van der Waals surface area (Å²) in [6.45, 7) is 0.342. The molecule has 0 atom stereocenters. The zero-order valence-electron chi connectivity index (χ0n) is 19.2. The highest BCUT2D eigenvalue weighted by Crippen LogP contribution is 2.36. The lowest BCUT2D eigenvalue weighted by Crippen LogP contribution is -2.09. The Morgan fingerprint density at radius 3 is 1.26 bits per heavy atom. The molecule has 168 valence electrons. The Labute approximate surface area is 205 Å². The molecule has 0 aliphatic carbocycles. The van der Waals surface area contributed by atoms with Crippen LogP contribution in [-0.2, 0) is 6.54 Å². The smallest absolute Gasteiger partial charge is 0.0510 e. The lowest BCUT2D eigenvalue weighted by molar-refractivity contribution is 1.05. The van der Waals surface area contributed by atoms with Crippen molar-refractivity contribution in [3.8, 4) is 22.3 Å². The third kappa shape index (κ3) is 5.09. The maximum Gasteiger partial charge on any atom is 0.0510 e. The number of benzene rings is 5. The van der Waals surface area contributed by atoms with E-state index in [2.05, 4.69) is 124 Å². The van der Waals surface area contributed by atoms with Crippen molar-refractivity contribution in [1.82, 2.24) is 0 Å². The third-order valence-corrected chi connectivity index (χ3v) is 5.98. The van der Waals surface area contributed by atoms with E-state index >= 15 is 0 Å². The molecule has 0 radical (unpaired) electrons. The Morgan fingerprint density at radius 1 is 0.486 bits per heavy atom. The van der Waals surface area contributed by atoms with Crippen molar-refractivity contribution in [3.05, 3.63) is 149 Å². The minimum atomic E-state index is 0.342. The van der Waals surface area contributed by atoms with Gasteiger partial charge in [0.15, 0.2) is 0 Å². The molecule has 4 nitrogen and oxygen atoms in total. The number of nitrogens with zero attached hydrogens (tertiary/aromatic N) is 4. The van der Waals surface area contributed by atoms with Crippen LogP contribution in [0.3, 0.4) is 0 Å². The Hall–Kier alpha value is -4.79. The molecule has 0 saturated carbocycles. The van der Waals surface area contributed by atoms with Gasteiger partial charge < -0.3 is 4.90 Å². The highest BCUT2D eigenvalue weighted by Gasteiger charge is 2.13. The van der Waals surface area contributed by atoms with E-state index in [-0.39, 0.29) is 0 Å². The average molecular weight is 453 g/mol. The van der Waals surface area contributed by atoms with Crippen LogP contribution >= 0.6 is 0 Å². The van der Waals surface area contributed by atoms with Gasteiger partial charge in [0.25, 0.3) is 0 Å². The molecule has 0 aliphatic rings. The van der Waals surface area contributed by atoms with Crippen LogP contribution in [0.25, 0.3) is 32.7 Å². The zero-order chi connectivity index (χ0) is 23.9. The summed E-state index contributed by atoms with van der Waals surface area (Å²) in [5, 5.41) is 3.68. The molecule has 0 aliphatic heterocycles. The van der Waals surface area contributed by atoms with Gasteiger partial charge in [0.2, 0.25) is 0 Å². The fourth-order valence-corrected chi connectivity index (χ4v) is 4.18. The van der Waals surface area contributed by atoms with Crippen molar-refractivity contribution in [2.75, 3.05) is 4.90 Å². The lowest BCUT2D eigenvalue weighted by Gasteiger charge is -2.26. The van der Waals surface area contributed by atoms with E-state index in [9.17, 15) is 0 Å². The molecule has 0 amide bonds. The summed E-state index contributed by atoms with van der Waals surface area (Å²) in [4.78, 5) is 5.10. The van der Waals surface area contributed by atoms with Crippen LogP contribution in [0.1, 0.15) is 5.56 Å². The van der Waals surface area contributed by atoms with Crippen LogP contribution in [-0.4, -0.2) is 0 Å². The van der Waals surface area contributed by atoms with Crippen LogP contribution in [0.15, 0.2) is 139 Å². The number of hydrogen-bond donors (Lipinski definition) is 0. The van der Waals surface area contributed by atoms with E-state index in [4.69, 9.17) is 5.53 Å². The maximum absolute atomic E-state index is 8.63. The van der Waals surface area contributed by atoms with Gasteiger partial charge in [0.1, 0.15) is 0 Å². The van der Waals surface area contributed by atoms with Gasteiger partial charge in [-0.15, -0.1) is 0 Å². The summed E-state index contributed by atoms with van der Waals surface area (Å²) in [5.74, 6) is 0. The molecule has 0 bridgehead atoms. The van der Waals surface area contributed by atoms with Crippen LogP contribution in [0, 0.1) is 0 Å². The van der Waals surface area contributed by atoms with Gasteiger partial charge in [0, 0.05) is 22.0 Å². The largest absolute Gasteiger partial charge is 0.311 e. The molecule has 0 fully saturated rings. The Bertz CT molecular complexity index is 1340. The van der Waals surface area contributed by atoms with E-state index in [0.29, 0.717) is 6.54 Å². The van der Waals surface area contributed by atoms with Crippen LogP contribution in [0.2, 0.25) is 0 Å². The van der Waals surface area contributed by atoms with Crippen molar-refractivity contribution >= 4 is 17.1 Å². The van der Waals surface area contributed by atoms with Gasteiger partial charge in [-0.05, 0) is 69.7 Å². The first-order valence-corrected chi connectivity index (χ1v) is 11.5. The van der Waals surface area contributed by atoms with Crippen LogP contribution in [0.4, 0.5) is 17.1 Å². The predicted octanol–water partition coefficient (Wildman–Crippen LogP) is 9.30. The molecule has 4 heteroatoms. The molecule has 0 N–H and O–H groups in total. The van der Waals surface area contributed by atoms with Gasteiger partial charge in [-0.2, -0.15) is 0 Å². The summed E-state index contributed by atoms with van der Waals surface area (Å²) in [6, 6.07) is 46.2. The number of hydrogen-bond acceptors (Lipinski definition) is 2. The van der Waals surface area contributed by atoms with Crippen LogP contribution in [0.5, 0.6) is 0 Å². The molecule has 5 rings (SSSR count). The van der Waals surface area contributed by atoms with Gasteiger partial charge in [-0.1, -0.05) is 102 Å². The quantitative estimate of drug-likeness (QED) is 0.138. The first-order valence-electron chi connectivity index (χ1n) is 11.5. The Kier molecular flexibility index (Phi) is 6.56. The Balaban J connectivity index is 1.52. The van der Waals surface area contributed by atoms with Gasteiger partial charge in [-0.25, -0.2) is 0 Å². The zero-order valence-corrected chi connectivity index (χ0v) is 19.2. The summed E-state index contributed by atoms with van der Waals surface area (Å²) < 4.78 is 0. The molecular formula is C31H24N4. The first kappa shape index (κ1) is 22.0. The van der Waals surface area contributed by atoms with Gasteiger partial charge in [0.05, 0.1) is 6.54 Å². The molecule has 0 unspecified atom stereocenters. The third-order valence-electron chi connectivity index (χ3n) is 5.98. The number of azide groups is 1. The van der Waals surface area contributed by atoms with Crippen molar-refractivity contribution in [2.24, 2.45) is 5.11 Å². The van der Waals surface area contributed by atoms with Crippen LogP contribution < -0.4 is 4.90 Å². The standard InChI is InChI=1S/C31H24N4/c32-34-33-23-24-11-17-29(18-12-24)35(30-19-13-27(14-20-30)25-7-3-1-4-8-25)31-21-15-28(16-22-31)26-9-5-2-6-10-26/h1-22H,23H2. The normalized spacial score (nSPS) is 10.4. The Morgan fingerprint density at radius 2 is 0.857 bits per heavy atom. The monoisotopic (exact) mass is 452 g/mol. The van der Waals surface area contributed by atoms with E-state index in [1.807, 2.05) is 24.3 Å². The maximum atomic E-state index is 8.63. The summed E-state index contributed by atoms with van der Waals surface area (Å²) in [5.41, 5.74) is 17.5. The average Bonchev–Trinajstić information content (AvgIpc) is 2.94. The fraction of sp³-hybridized carbons (Fsp3) is 0.0323. The van der Waals surface area contributed by atoms with Crippen molar-refractivity contribution < 1.29 is 0 Å². The molecular weight excluding hydrogens is 428 g/mol. The highest BCUT2D eigenvalue weighted by molar-refractivity contribution is 5.79. The summed E-state index contributed by atoms with van der Waals surface area (Å²) in [7, 11) is 0. The topological polar surface area (TPSA) is 52.0 Å². The number of anilines is 3. The fourth-order valence-electron chi connectivity index (χ4n) is 4.18.